The van der Waals surface area contributed by atoms with E-state index in [0.29, 0.717) is 13.0 Å². The average Bonchev–Trinajstić information content (AvgIpc) is 2.67. The fourth-order valence-electron chi connectivity index (χ4n) is 2.12. The van der Waals surface area contributed by atoms with Gasteiger partial charge in [0.25, 0.3) is 0 Å². The molecular formula is C14H25NO4. The Hall–Kier alpha value is -0.910. The highest BCUT2D eigenvalue weighted by molar-refractivity contribution is 5.68. The van der Waals surface area contributed by atoms with Crippen molar-refractivity contribution in [2.75, 3.05) is 13.7 Å². The average molecular weight is 271 g/mol. The molecule has 1 aliphatic rings. The van der Waals surface area contributed by atoms with E-state index in [1.165, 1.54) is 7.11 Å². The van der Waals surface area contributed by atoms with Gasteiger partial charge in [-0.1, -0.05) is 12.2 Å². The van der Waals surface area contributed by atoms with Crippen LogP contribution in [0.5, 0.6) is 0 Å². The smallest absolute Gasteiger partial charge is 0.305 e. The molecular weight excluding hydrogens is 246 g/mol. The third kappa shape index (κ3) is 5.72. The van der Waals surface area contributed by atoms with Crippen molar-refractivity contribution in [3.05, 3.63) is 12.2 Å². The van der Waals surface area contributed by atoms with Crippen molar-refractivity contribution in [3.8, 4) is 0 Å². The van der Waals surface area contributed by atoms with E-state index in [-0.39, 0.29) is 18.2 Å². The lowest BCUT2D eigenvalue weighted by Gasteiger charge is -2.16. The van der Waals surface area contributed by atoms with Gasteiger partial charge in [0.2, 0.25) is 0 Å². The monoisotopic (exact) mass is 271 g/mol. The summed E-state index contributed by atoms with van der Waals surface area (Å²) in [6.45, 7) is 4.26. The zero-order valence-corrected chi connectivity index (χ0v) is 12.1. The first-order chi connectivity index (χ1) is 8.98. The lowest BCUT2D eigenvalue weighted by molar-refractivity contribution is -0.145. The number of nitrogens with two attached hydrogens (primary N) is 1. The first-order valence-electron chi connectivity index (χ1n) is 6.76. The minimum atomic E-state index is -0.548. The number of methoxy groups -OCH3 is 1. The molecule has 0 amide bonds. The molecule has 0 radical (unpaired) electrons. The lowest BCUT2D eigenvalue weighted by atomic mass is 10.1. The summed E-state index contributed by atoms with van der Waals surface area (Å²) in [7, 11) is 1.41. The van der Waals surface area contributed by atoms with Gasteiger partial charge in [0.15, 0.2) is 5.79 Å². The molecule has 2 atom stereocenters. The standard InChI is InChI=1S/C14H25NO4/c1-14(2)18-11(12(10-15)19-14)8-6-4-5-7-9-13(16)17-3/h4,6,11-12H,5,7-10,15H2,1-3H3/b6-4-/t11-,12+/m0/s1. The largest absolute Gasteiger partial charge is 0.469 e. The van der Waals surface area contributed by atoms with E-state index < -0.39 is 5.79 Å². The zero-order valence-electron chi connectivity index (χ0n) is 12.1. The first kappa shape index (κ1) is 16.1. The molecule has 1 fully saturated rings. The summed E-state index contributed by atoms with van der Waals surface area (Å²) in [4.78, 5) is 10.9. The number of hydrogen-bond donors (Lipinski definition) is 1. The number of ether oxygens (including phenoxy) is 3. The second-order valence-electron chi connectivity index (χ2n) is 5.12. The van der Waals surface area contributed by atoms with E-state index in [0.717, 1.165) is 19.3 Å². The molecule has 1 rings (SSSR count). The summed E-state index contributed by atoms with van der Waals surface area (Å²) in [6.07, 6.45) is 6.99. The number of allylic oxidation sites excluding steroid dienone is 1. The number of unbranched alkanes of at least 4 members (excludes halogenated alkanes) is 1. The molecule has 0 aromatic carbocycles. The maximum atomic E-state index is 10.9. The van der Waals surface area contributed by atoms with Crippen molar-refractivity contribution in [1.82, 2.24) is 0 Å². The SMILES string of the molecule is COC(=O)CCC/C=C\C[C@@H]1OC(C)(C)O[C@@H]1CN. The Morgan fingerprint density at radius 1 is 1.32 bits per heavy atom. The van der Waals surface area contributed by atoms with Crippen LogP contribution in [0.1, 0.15) is 39.5 Å². The highest BCUT2D eigenvalue weighted by atomic mass is 16.7. The van der Waals surface area contributed by atoms with Crippen LogP contribution in [0.15, 0.2) is 12.2 Å². The van der Waals surface area contributed by atoms with Crippen molar-refractivity contribution < 1.29 is 19.0 Å². The van der Waals surface area contributed by atoms with Crippen LogP contribution >= 0.6 is 0 Å². The van der Waals surface area contributed by atoms with Gasteiger partial charge in [-0.05, 0) is 33.1 Å². The minimum Gasteiger partial charge on any atom is -0.469 e. The molecule has 0 aromatic rings. The van der Waals surface area contributed by atoms with Gasteiger partial charge in [0.05, 0.1) is 19.3 Å². The lowest BCUT2D eigenvalue weighted by Crippen LogP contribution is -2.30. The molecule has 0 unspecified atom stereocenters. The van der Waals surface area contributed by atoms with Crippen molar-refractivity contribution in [3.63, 3.8) is 0 Å². The second kappa shape index (κ2) is 7.62. The molecule has 0 aliphatic carbocycles. The molecule has 1 saturated heterocycles. The Balaban J connectivity index is 2.22. The predicted octanol–water partition coefficient (Wildman–Crippen LogP) is 1.75. The molecule has 0 saturated carbocycles. The minimum absolute atomic E-state index is 0.0110. The molecule has 2 N–H and O–H groups in total. The normalized spacial score (nSPS) is 25.9. The summed E-state index contributed by atoms with van der Waals surface area (Å²) in [6, 6.07) is 0. The summed E-state index contributed by atoms with van der Waals surface area (Å²) in [5, 5.41) is 0. The maximum absolute atomic E-state index is 10.9. The van der Waals surface area contributed by atoms with Crippen molar-refractivity contribution >= 4 is 5.97 Å². The van der Waals surface area contributed by atoms with Crippen LogP contribution in [-0.2, 0) is 19.0 Å². The number of hydrogen-bond acceptors (Lipinski definition) is 5. The highest BCUT2D eigenvalue weighted by Gasteiger charge is 2.39. The van der Waals surface area contributed by atoms with Crippen molar-refractivity contribution in [1.29, 1.82) is 0 Å². The topological polar surface area (TPSA) is 70.8 Å². The van der Waals surface area contributed by atoms with E-state index in [2.05, 4.69) is 16.9 Å². The Morgan fingerprint density at radius 2 is 2.00 bits per heavy atom. The van der Waals surface area contributed by atoms with E-state index >= 15 is 0 Å². The highest BCUT2D eigenvalue weighted by Crippen LogP contribution is 2.29. The van der Waals surface area contributed by atoms with Gasteiger partial charge in [-0.15, -0.1) is 0 Å². The van der Waals surface area contributed by atoms with Crippen molar-refractivity contribution in [2.24, 2.45) is 5.73 Å². The van der Waals surface area contributed by atoms with Crippen LogP contribution in [0.3, 0.4) is 0 Å². The van der Waals surface area contributed by atoms with Crippen LogP contribution in [0, 0.1) is 0 Å². The third-order valence-corrected chi connectivity index (χ3v) is 3.03. The summed E-state index contributed by atoms with van der Waals surface area (Å²) in [5.74, 6) is -0.709. The molecule has 5 heteroatoms. The van der Waals surface area contributed by atoms with Gasteiger partial charge >= 0.3 is 5.97 Å². The zero-order chi connectivity index (χ0) is 14.3. The quantitative estimate of drug-likeness (QED) is 0.434. The van der Waals surface area contributed by atoms with Crippen molar-refractivity contribution in [2.45, 2.75) is 57.5 Å². The Labute approximate surface area is 115 Å². The Bertz CT molecular complexity index is 315. The second-order valence-corrected chi connectivity index (χ2v) is 5.12. The molecule has 0 spiro atoms. The van der Waals surface area contributed by atoms with Gasteiger partial charge in [0.1, 0.15) is 0 Å². The van der Waals surface area contributed by atoms with Crippen LogP contribution < -0.4 is 5.73 Å². The molecule has 0 aromatic heterocycles. The Morgan fingerprint density at radius 3 is 2.63 bits per heavy atom. The fourth-order valence-corrected chi connectivity index (χ4v) is 2.12. The van der Waals surface area contributed by atoms with Gasteiger partial charge in [0, 0.05) is 13.0 Å². The maximum Gasteiger partial charge on any atom is 0.305 e. The summed E-state index contributed by atoms with van der Waals surface area (Å²) >= 11 is 0. The molecule has 19 heavy (non-hydrogen) atoms. The molecule has 1 heterocycles. The fraction of sp³-hybridized carbons (Fsp3) is 0.786. The van der Waals surface area contributed by atoms with Crippen LogP contribution in [0.4, 0.5) is 0 Å². The number of carbonyl (C=O) groups is 1. The summed E-state index contributed by atoms with van der Waals surface area (Å²) < 4.78 is 16.1. The van der Waals surface area contributed by atoms with Gasteiger partial charge in [-0.3, -0.25) is 4.79 Å². The van der Waals surface area contributed by atoms with E-state index in [1.54, 1.807) is 0 Å². The van der Waals surface area contributed by atoms with Gasteiger partial charge < -0.3 is 19.9 Å². The number of carbonyl (C=O) groups excluding carboxylic acids is 1. The molecule has 5 nitrogen and oxygen atoms in total. The first-order valence-corrected chi connectivity index (χ1v) is 6.76. The molecule has 110 valence electrons. The van der Waals surface area contributed by atoms with Gasteiger partial charge in [-0.25, -0.2) is 0 Å². The van der Waals surface area contributed by atoms with Gasteiger partial charge in [-0.2, -0.15) is 0 Å². The number of esters is 1. The van der Waals surface area contributed by atoms with E-state index in [1.807, 2.05) is 13.8 Å². The predicted molar refractivity (Wildman–Crippen MR) is 72.5 cm³/mol. The molecule has 1 aliphatic heterocycles. The molecule has 0 bridgehead atoms. The van der Waals surface area contributed by atoms with Crippen LogP contribution in [-0.4, -0.2) is 37.6 Å². The third-order valence-electron chi connectivity index (χ3n) is 3.03. The van der Waals surface area contributed by atoms with Crippen LogP contribution in [0.25, 0.3) is 0 Å². The number of rotatable bonds is 7. The Kier molecular flexibility index (Phi) is 6.48. The van der Waals surface area contributed by atoms with Crippen LogP contribution in [0.2, 0.25) is 0 Å². The summed E-state index contributed by atoms with van der Waals surface area (Å²) in [5.41, 5.74) is 5.67. The van der Waals surface area contributed by atoms with E-state index in [9.17, 15) is 4.79 Å². The van der Waals surface area contributed by atoms with E-state index in [4.69, 9.17) is 15.2 Å².